The number of aliphatic hydroxyl groups is 4. The number of aliphatic hydroxyl groups excluding tert-OH is 4. The van der Waals surface area contributed by atoms with Crippen LogP contribution in [0.3, 0.4) is 0 Å². The molecule has 0 spiro atoms. The maximum Gasteiger partial charge on any atom is 0.320 e. The van der Waals surface area contributed by atoms with E-state index in [4.69, 9.17) is 10.8 Å². The minimum absolute atomic E-state index is 0.131. The zero-order chi connectivity index (χ0) is 33.1. The van der Waals surface area contributed by atoms with Gasteiger partial charge in [-0.3, -0.25) is 38.4 Å². The standard InChI is InChI=1S/C22H38N8O13/c1-24-10(22(42)43)2-3-16(36)27-13(8-33)20(40)30-12(7-32)19(39)26-5-17(37)28-14(9-34)21(41)29-11(6-31)18(38)25-4-15(23)35/h10-14,24,31-34H,2-9H2,1H3,(H2,23,35)(H,25,38)(H,26,39)(H,27,36)(H,28,37)(H,29,41)(H,30,40)(H,42,43). The van der Waals surface area contributed by atoms with Gasteiger partial charge in [0.2, 0.25) is 41.4 Å². The molecule has 0 aliphatic rings. The number of carbonyl (C=O) groups excluding carboxylic acids is 7. The topological polar surface area (TPSA) is 348 Å². The SMILES string of the molecule is CNC(CCC(=O)NC(CO)C(=O)NC(CO)C(=O)NCC(=O)NC(CO)C(=O)NC(CO)C(=O)NCC(N)=O)C(=O)O. The monoisotopic (exact) mass is 622 g/mol. The lowest BCUT2D eigenvalue weighted by Gasteiger charge is -2.22. The van der Waals surface area contributed by atoms with E-state index in [2.05, 4.69) is 21.3 Å². The summed E-state index contributed by atoms with van der Waals surface area (Å²) in [5, 5.41) is 61.5. The lowest BCUT2D eigenvalue weighted by Crippen LogP contribution is -2.58. The van der Waals surface area contributed by atoms with Gasteiger partial charge in [0.25, 0.3) is 0 Å². The van der Waals surface area contributed by atoms with Crippen LogP contribution in [0.25, 0.3) is 0 Å². The molecule has 0 fully saturated rings. The van der Waals surface area contributed by atoms with Crippen molar-refractivity contribution >= 4 is 47.3 Å². The summed E-state index contributed by atoms with van der Waals surface area (Å²) in [4.78, 5) is 95.0. The van der Waals surface area contributed by atoms with Gasteiger partial charge in [-0.05, 0) is 13.5 Å². The summed E-state index contributed by atoms with van der Waals surface area (Å²) in [6.07, 6.45) is -0.453. The van der Waals surface area contributed by atoms with Gasteiger partial charge in [-0.2, -0.15) is 0 Å². The van der Waals surface area contributed by atoms with Crippen molar-refractivity contribution in [3.8, 4) is 0 Å². The summed E-state index contributed by atoms with van der Waals surface area (Å²) in [5.41, 5.74) is 4.89. The Labute approximate surface area is 244 Å². The molecule has 5 unspecified atom stereocenters. The molecule has 21 nitrogen and oxygen atoms in total. The molecule has 21 heteroatoms. The van der Waals surface area contributed by atoms with E-state index in [0.29, 0.717) is 0 Å². The highest BCUT2D eigenvalue weighted by Crippen LogP contribution is 1.99. The molecule has 7 amide bonds. The van der Waals surface area contributed by atoms with E-state index in [9.17, 15) is 58.8 Å². The maximum atomic E-state index is 12.4. The predicted molar refractivity (Wildman–Crippen MR) is 141 cm³/mol. The number of carbonyl (C=O) groups is 8. The zero-order valence-electron chi connectivity index (χ0n) is 23.1. The van der Waals surface area contributed by atoms with E-state index in [-0.39, 0.29) is 12.8 Å². The van der Waals surface area contributed by atoms with Crippen molar-refractivity contribution < 1.29 is 63.9 Å². The van der Waals surface area contributed by atoms with E-state index in [0.717, 1.165) is 0 Å². The molecule has 14 N–H and O–H groups in total. The molecular formula is C22H38N8O13. The minimum atomic E-state index is -1.66. The molecule has 244 valence electrons. The first kappa shape index (κ1) is 38.6. The largest absolute Gasteiger partial charge is 0.480 e. The lowest BCUT2D eigenvalue weighted by atomic mass is 10.1. The van der Waals surface area contributed by atoms with Crippen LogP contribution >= 0.6 is 0 Å². The summed E-state index contributed by atoms with van der Waals surface area (Å²) in [6.45, 7) is -5.18. The number of nitrogens with two attached hydrogens (primary N) is 1. The fourth-order valence-electron chi connectivity index (χ4n) is 3.09. The number of hydrogen-bond acceptors (Lipinski definition) is 13. The van der Waals surface area contributed by atoms with Gasteiger partial charge in [0, 0.05) is 6.42 Å². The van der Waals surface area contributed by atoms with E-state index in [1.165, 1.54) is 7.05 Å². The fourth-order valence-corrected chi connectivity index (χ4v) is 3.09. The smallest absolute Gasteiger partial charge is 0.320 e. The molecule has 0 heterocycles. The van der Waals surface area contributed by atoms with E-state index in [1.807, 2.05) is 16.0 Å². The Balaban J connectivity index is 4.94. The maximum absolute atomic E-state index is 12.4. The highest BCUT2D eigenvalue weighted by atomic mass is 16.4. The third-order valence-corrected chi connectivity index (χ3v) is 5.47. The van der Waals surface area contributed by atoms with Crippen molar-refractivity contribution in [1.82, 2.24) is 37.2 Å². The third-order valence-electron chi connectivity index (χ3n) is 5.47. The molecule has 0 aromatic heterocycles. The Morgan fingerprint density at radius 1 is 0.581 bits per heavy atom. The van der Waals surface area contributed by atoms with Crippen molar-refractivity contribution in [2.75, 3.05) is 46.6 Å². The molecule has 0 radical (unpaired) electrons. The normalized spacial score (nSPS) is 14.1. The molecule has 0 rings (SSSR count). The number of primary amides is 1. The molecule has 5 atom stereocenters. The molecule has 0 bridgehead atoms. The van der Waals surface area contributed by atoms with Crippen LogP contribution in [-0.2, 0) is 38.4 Å². The van der Waals surface area contributed by atoms with Crippen LogP contribution in [-0.4, -0.2) is 150 Å². The van der Waals surface area contributed by atoms with Crippen molar-refractivity contribution in [3.05, 3.63) is 0 Å². The van der Waals surface area contributed by atoms with Crippen LogP contribution < -0.4 is 43.0 Å². The molecule has 43 heavy (non-hydrogen) atoms. The van der Waals surface area contributed by atoms with Gasteiger partial charge in [0.15, 0.2) is 0 Å². The van der Waals surface area contributed by atoms with Crippen LogP contribution in [0.2, 0.25) is 0 Å². The molecular weight excluding hydrogens is 584 g/mol. The van der Waals surface area contributed by atoms with Gasteiger partial charge in [-0.15, -0.1) is 0 Å². The van der Waals surface area contributed by atoms with E-state index >= 15 is 0 Å². The van der Waals surface area contributed by atoms with E-state index < -0.39 is 117 Å². The highest BCUT2D eigenvalue weighted by molar-refractivity contribution is 5.95. The number of likely N-dealkylation sites (N-methyl/N-ethyl adjacent to an activating group) is 1. The molecule has 0 saturated carbocycles. The third kappa shape index (κ3) is 14.8. The molecule has 0 aromatic rings. The minimum Gasteiger partial charge on any atom is -0.480 e. The zero-order valence-corrected chi connectivity index (χ0v) is 23.1. The number of amides is 7. The second-order valence-electron chi connectivity index (χ2n) is 8.71. The number of aliphatic carboxylic acids is 1. The summed E-state index contributed by atoms with van der Waals surface area (Å²) in [5.74, 6) is -8.19. The second-order valence-corrected chi connectivity index (χ2v) is 8.71. The lowest BCUT2D eigenvalue weighted by molar-refractivity contribution is -0.140. The van der Waals surface area contributed by atoms with Crippen LogP contribution in [0, 0.1) is 0 Å². The highest BCUT2D eigenvalue weighted by Gasteiger charge is 2.28. The van der Waals surface area contributed by atoms with Gasteiger partial charge in [-0.1, -0.05) is 0 Å². The van der Waals surface area contributed by atoms with Crippen molar-refractivity contribution in [1.29, 1.82) is 0 Å². The van der Waals surface area contributed by atoms with Gasteiger partial charge in [0.1, 0.15) is 30.2 Å². The molecule has 0 aliphatic heterocycles. The van der Waals surface area contributed by atoms with Crippen LogP contribution in [0.1, 0.15) is 12.8 Å². The van der Waals surface area contributed by atoms with Crippen molar-refractivity contribution in [2.45, 2.75) is 43.1 Å². The fraction of sp³-hybridized carbons (Fsp3) is 0.636. The molecule has 0 saturated heterocycles. The first-order valence-corrected chi connectivity index (χ1v) is 12.6. The second kappa shape index (κ2) is 20.4. The average Bonchev–Trinajstić information content (AvgIpc) is 2.97. The Morgan fingerprint density at radius 3 is 1.35 bits per heavy atom. The van der Waals surface area contributed by atoms with Gasteiger partial charge >= 0.3 is 5.97 Å². The summed E-state index contributed by atoms with van der Waals surface area (Å²) in [6, 6.07) is -7.47. The summed E-state index contributed by atoms with van der Waals surface area (Å²) >= 11 is 0. The Bertz CT molecular complexity index is 1010. The number of hydrogen-bond donors (Lipinski definition) is 13. The quantitative estimate of drug-likeness (QED) is 0.0565. The van der Waals surface area contributed by atoms with Gasteiger partial charge < -0.3 is 68.5 Å². The summed E-state index contributed by atoms with van der Waals surface area (Å²) < 4.78 is 0. The first-order valence-electron chi connectivity index (χ1n) is 12.6. The van der Waals surface area contributed by atoms with Crippen molar-refractivity contribution in [3.63, 3.8) is 0 Å². The number of nitrogens with one attached hydrogen (secondary N) is 7. The number of carboxylic acid groups (broad SMARTS) is 1. The molecule has 0 aromatic carbocycles. The molecule has 0 aliphatic carbocycles. The predicted octanol–water partition coefficient (Wildman–Crippen LogP) is -8.93. The van der Waals surface area contributed by atoms with Gasteiger partial charge in [-0.25, -0.2) is 0 Å². The van der Waals surface area contributed by atoms with E-state index in [1.54, 1.807) is 0 Å². The Hall–Kier alpha value is -4.44. The number of rotatable bonds is 21. The first-order chi connectivity index (χ1) is 20.2. The Kier molecular flexibility index (Phi) is 18.3. The van der Waals surface area contributed by atoms with Crippen LogP contribution in [0.5, 0.6) is 0 Å². The Morgan fingerprint density at radius 2 is 0.977 bits per heavy atom. The number of carboxylic acids is 1. The van der Waals surface area contributed by atoms with Crippen LogP contribution in [0.4, 0.5) is 0 Å². The van der Waals surface area contributed by atoms with Gasteiger partial charge in [0.05, 0.1) is 39.5 Å². The average molecular weight is 623 g/mol. The van der Waals surface area contributed by atoms with Crippen molar-refractivity contribution in [2.24, 2.45) is 5.73 Å². The summed E-state index contributed by atoms with van der Waals surface area (Å²) in [7, 11) is 1.37. The van der Waals surface area contributed by atoms with Crippen LogP contribution in [0.15, 0.2) is 0 Å².